The SMILES string of the molecule is Cc1[nH]ncc1S(=O)(=O)N(C)CCc1ccncc1. The zero-order chi connectivity index (χ0) is 13.9. The molecule has 1 N–H and O–H groups in total. The van der Waals surface area contributed by atoms with Crippen molar-refractivity contribution >= 4 is 10.0 Å². The Balaban J connectivity index is 2.08. The maximum Gasteiger partial charge on any atom is 0.246 e. The lowest BCUT2D eigenvalue weighted by Crippen LogP contribution is -2.29. The molecule has 19 heavy (non-hydrogen) atoms. The minimum absolute atomic E-state index is 0.227. The van der Waals surface area contributed by atoms with Gasteiger partial charge in [-0.15, -0.1) is 0 Å². The Morgan fingerprint density at radius 1 is 1.32 bits per heavy atom. The Bertz CT molecular complexity index is 637. The van der Waals surface area contributed by atoms with Crippen molar-refractivity contribution in [2.75, 3.05) is 13.6 Å². The van der Waals surface area contributed by atoms with Crippen molar-refractivity contribution in [2.45, 2.75) is 18.2 Å². The average Bonchev–Trinajstić information content (AvgIpc) is 2.84. The van der Waals surface area contributed by atoms with Gasteiger partial charge in [-0.3, -0.25) is 10.1 Å². The lowest BCUT2D eigenvalue weighted by molar-refractivity contribution is 0.472. The molecule has 0 aliphatic carbocycles. The predicted molar refractivity (Wildman–Crippen MR) is 71.1 cm³/mol. The van der Waals surface area contributed by atoms with E-state index < -0.39 is 10.0 Å². The number of hydrogen-bond donors (Lipinski definition) is 1. The first kappa shape index (κ1) is 13.7. The molecule has 0 radical (unpaired) electrons. The second-order valence-corrected chi connectivity index (χ2v) is 6.30. The first-order valence-electron chi connectivity index (χ1n) is 5.87. The van der Waals surface area contributed by atoms with Gasteiger partial charge < -0.3 is 0 Å². The zero-order valence-electron chi connectivity index (χ0n) is 10.9. The number of sulfonamides is 1. The van der Waals surface area contributed by atoms with E-state index in [2.05, 4.69) is 15.2 Å². The molecule has 2 aromatic rings. The number of rotatable bonds is 5. The molecule has 0 aromatic carbocycles. The van der Waals surface area contributed by atoms with Gasteiger partial charge in [0, 0.05) is 26.0 Å². The Labute approximate surface area is 112 Å². The topological polar surface area (TPSA) is 79.0 Å². The molecule has 0 atom stereocenters. The summed E-state index contributed by atoms with van der Waals surface area (Å²) < 4.78 is 25.9. The number of aromatic nitrogens is 3. The van der Waals surface area contributed by atoms with Crippen molar-refractivity contribution in [1.29, 1.82) is 0 Å². The molecular formula is C12H16N4O2S. The van der Waals surface area contributed by atoms with Crippen LogP contribution in [0.1, 0.15) is 11.3 Å². The molecular weight excluding hydrogens is 264 g/mol. The van der Waals surface area contributed by atoms with Crippen molar-refractivity contribution in [3.8, 4) is 0 Å². The largest absolute Gasteiger partial charge is 0.281 e. The summed E-state index contributed by atoms with van der Waals surface area (Å²) in [6.07, 6.45) is 5.39. The van der Waals surface area contributed by atoms with Crippen LogP contribution in [0.15, 0.2) is 35.6 Å². The third-order valence-corrected chi connectivity index (χ3v) is 4.91. The molecule has 0 saturated carbocycles. The van der Waals surface area contributed by atoms with Crippen LogP contribution >= 0.6 is 0 Å². The van der Waals surface area contributed by atoms with E-state index in [1.165, 1.54) is 10.5 Å². The third-order valence-electron chi connectivity index (χ3n) is 2.94. The van der Waals surface area contributed by atoms with Gasteiger partial charge in [0.2, 0.25) is 10.0 Å². The molecule has 2 rings (SSSR count). The fourth-order valence-electron chi connectivity index (χ4n) is 1.72. The molecule has 2 heterocycles. The quantitative estimate of drug-likeness (QED) is 0.885. The summed E-state index contributed by atoms with van der Waals surface area (Å²) in [6, 6.07) is 3.76. The highest BCUT2D eigenvalue weighted by Crippen LogP contribution is 2.16. The highest BCUT2D eigenvalue weighted by molar-refractivity contribution is 7.89. The van der Waals surface area contributed by atoms with Crippen molar-refractivity contribution in [2.24, 2.45) is 0 Å². The van der Waals surface area contributed by atoms with E-state index in [-0.39, 0.29) is 4.90 Å². The molecule has 0 aliphatic rings. The Hall–Kier alpha value is -1.73. The van der Waals surface area contributed by atoms with Gasteiger partial charge in [0.25, 0.3) is 0 Å². The van der Waals surface area contributed by atoms with Crippen LogP contribution in [0.5, 0.6) is 0 Å². The van der Waals surface area contributed by atoms with Gasteiger partial charge in [-0.2, -0.15) is 5.10 Å². The summed E-state index contributed by atoms with van der Waals surface area (Å²) in [5.41, 5.74) is 1.61. The van der Waals surface area contributed by atoms with E-state index in [9.17, 15) is 8.42 Å². The molecule has 2 aromatic heterocycles. The van der Waals surface area contributed by atoms with Crippen molar-refractivity contribution in [1.82, 2.24) is 19.5 Å². The van der Waals surface area contributed by atoms with Crippen molar-refractivity contribution in [3.63, 3.8) is 0 Å². The van der Waals surface area contributed by atoms with Gasteiger partial charge in [0.05, 0.1) is 11.9 Å². The third kappa shape index (κ3) is 2.99. The van der Waals surface area contributed by atoms with Gasteiger partial charge >= 0.3 is 0 Å². The van der Waals surface area contributed by atoms with Crippen LogP contribution in [0.3, 0.4) is 0 Å². The Morgan fingerprint density at radius 2 is 2.00 bits per heavy atom. The molecule has 6 nitrogen and oxygen atoms in total. The Morgan fingerprint density at radius 3 is 2.58 bits per heavy atom. The fourth-order valence-corrected chi connectivity index (χ4v) is 3.01. The molecule has 0 fully saturated rings. The van der Waals surface area contributed by atoms with Gasteiger partial charge in [-0.1, -0.05) is 0 Å². The lowest BCUT2D eigenvalue weighted by Gasteiger charge is -2.16. The number of nitrogens with zero attached hydrogens (tertiary/aromatic N) is 3. The first-order chi connectivity index (χ1) is 9.01. The summed E-state index contributed by atoms with van der Waals surface area (Å²) in [6.45, 7) is 2.10. The van der Waals surface area contributed by atoms with E-state index in [1.54, 1.807) is 26.4 Å². The number of aryl methyl sites for hydroxylation is 1. The van der Waals surface area contributed by atoms with E-state index in [4.69, 9.17) is 0 Å². The number of nitrogens with one attached hydrogen (secondary N) is 1. The molecule has 0 saturated heterocycles. The average molecular weight is 280 g/mol. The summed E-state index contributed by atoms with van der Waals surface area (Å²) >= 11 is 0. The second-order valence-electron chi connectivity index (χ2n) is 4.29. The van der Waals surface area contributed by atoms with Crippen LogP contribution in [0.25, 0.3) is 0 Å². The monoisotopic (exact) mass is 280 g/mol. The summed E-state index contributed by atoms with van der Waals surface area (Å²) in [7, 11) is -1.90. The molecule has 0 aliphatic heterocycles. The fraction of sp³-hybridized carbons (Fsp3) is 0.333. The first-order valence-corrected chi connectivity index (χ1v) is 7.31. The van der Waals surface area contributed by atoms with E-state index in [0.29, 0.717) is 18.7 Å². The maximum absolute atomic E-state index is 12.3. The summed E-state index contributed by atoms with van der Waals surface area (Å²) in [5.74, 6) is 0. The zero-order valence-corrected chi connectivity index (χ0v) is 11.7. The predicted octanol–water partition coefficient (Wildman–Crippen LogP) is 0.976. The minimum Gasteiger partial charge on any atom is -0.281 e. The highest BCUT2D eigenvalue weighted by Gasteiger charge is 2.23. The van der Waals surface area contributed by atoms with Crippen LogP contribution in [-0.2, 0) is 16.4 Å². The summed E-state index contributed by atoms with van der Waals surface area (Å²) in [5, 5.41) is 6.39. The van der Waals surface area contributed by atoms with E-state index in [0.717, 1.165) is 5.56 Å². The lowest BCUT2D eigenvalue weighted by atomic mass is 10.2. The number of hydrogen-bond acceptors (Lipinski definition) is 4. The van der Waals surface area contributed by atoms with Crippen LogP contribution in [0.4, 0.5) is 0 Å². The number of pyridine rings is 1. The molecule has 7 heteroatoms. The highest BCUT2D eigenvalue weighted by atomic mass is 32.2. The number of likely N-dealkylation sites (N-methyl/N-ethyl adjacent to an activating group) is 1. The number of aromatic amines is 1. The second kappa shape index (κ2) is 5.50. The van der Waals surface area contributed by atoms with Crippen LogP contribution < -0.4 is 0 Å². The molecule has 0 amide bonds. The van der Waals surface area contributed by atoms with Gasteiger partial charge in [0.15, 0.2) is 0 Å². The summed E-state index contributed by atoms with van der Waals surface area (Å²) in [4.78, 5) is 4.16. The smallest absolute Gasteiger partial charge is 0.246 e. The van der Waals surface area contributed by atoms with Crippen LogP contribution in [-0.4, -0.2) is 41.5 Å². The number of H-pyrrole nitrogens is 1. The Kier molecular flexibility index (Phi) is 3.96. The van der Waals surface area contributed by atoms with Gasteiger partial charge in [-0.25, -0.2) is 12.7 Å². The van der Waals surface area contributed by atoms with Crippen molar-refractivity contribution < 1.29 is 8.42 Å². The molecule has 0 unspecified atom stereocenters. The van der Waals surface area contributed by atoms with E-state index in [1.807, 2.05) is 12.1 Å². The molecule has 0 spiro atoms. The van der Waals surface area contributed by atoms with Crippen LogP contribution in [0, 0.1) is 6.92 Å². The van der Waals surface area contributed by atoms with Gasteiger partial charge in [-0.05, 0) is 31.0 Å². The molecule has 0 bridgehead atoms. The van der Waals surface area contributed by atoms with E-state index >= 15 is 0 Å². The maximum atomic E-state index is 12.3. The standard InChI is InChI=1S/C12H16N4O2S/c1-10-12(9-14-15-10)19(17,18)16(2)8-5-11-3-6-13-7-4-11/h3-4,6-7,9H,5,8H2,1-2H3,(H,14,15). The molecule has 102 valence electrons. The minimum atomic E-state index is -3.47. The van der Waals surface area contributed by atoms with Crippen molar-refractivity contribution in [3.05, 3.63) is 42.0 Å². The normalized spacial score (nSPS) is 11.9. The van der Waals surface area contributed by atoms with Crippen LogP contribution in [0.2, 0.25) is 0 Å². The van der Waals surface area contributed by atoms with Gasteiger partial charge in [0.1, 0.15) is 4.90 Å².